The first kappa shape index (κ1) is 12.1. The highest BCUT2D eigenvalue weighted by Gasteiger charge is 2.10. The SMILES string of the molecule is Cc1cnc(NC(=O)c2ccc(Br)c(O)c2)s1. The van der Waals surface area contributed by atoms with Crippen LogP contribution in [0.3, 0.4) is 0 Å². The number of phenolic OH excluding ortho intramolecular Hbond substituents is 1. The van der Waals surface area contributed by atoms with E-state index in [0.29, 0.717) is 15.2 Å². The molecule has 0 unspecified atom stereocenters. The van der Waals surface area contributed by atoms with Crippen LogP contribution in [0.15, 0.2) is 28.9 Å². The predicted molar refractivity (Wildman–Crippen MR) is 70.6 cm³/mol. The van der Waals surface area contributed by atoms with Gasteiger partial charge in [-0.2, -0.15) is 0 Å². The quantitative estimate of drug-likeness (QED) is 0.895. The molecule has 17 heavy (non-hydrogen) atoms. The Labute approximate surface area is 110 Å². The van der Waals surface area contributed by atoms with Gasteiger partial charge in [-0.15, -0.1) is 11.3 Å². The summed E-state index contributed by atoms with van der Waals surface area (Å²) in [5.41, 5.74) is 0.388. The molecule has 0 atom stereocenters. The molecule has 1 heterocycles. The van der Waals surface area contributed by atoms with Crippen molar-refractivity contribution in [2.45, 2.75) is 6.92 Å². The van der Waals surface area contributed by atoms with Gasteiger partial charge in [-0.3, -0.25) is 10.1 Å². The average Bonchev–Trinajstić information content (AvgIpc) is 2.68. The predicted octanol–water partition coefficient (Wildman–Crippen LogP) is 3.17. The first-order valence-electron chi connectivity index (χ1n) is 4.78. The van der Waals surface area contributed by atoms with Gasteiger partial charge in [-0.1, -0.05) is 0 Å². The summed E-state index contributed by atoms with van der Waals surface area (Å²) in [4.78, 5) is 16.9. The van der Waals surface area contributed by atoms with Gasteiger partial charge in [0.1, 0.15) is 5.75 Å². The number of hydrogen-bond acceptors (Lipinski definition) is 4. The third-order valence-corrected chi connectivity index (χ3v) is 3.55. The van der Waals surface area contributed by atoms with Crippen LogP contribution in [-0.4, -0.2) is 16.0 Å². The summed E-state index contributed by atoms with van der Waals surface area (Å²) in [5, 5.41) is 12.7. The molecule has 4 nitrogen and oxygen atoms in total. The van der Waals surface area contributed by atoms with Crippen molar-refractivity contribution >= 4 is 38.3 Å². The molecule has 1 aromatic carbocycles. The molecule has 1 amide bonds. The van der Waals surface area contributed by atoms with Crippen LogP contribution in [0.4, 0.5) is 5.13 Å². The van der Waals surface area contributed by atoms with Crippen LogP contribution < -0.4 is 5.32 Å². The lowest BCUT2D eigenvalue weighted by atomic mass is 10.2. The second kappa shape index (κ2) is 4.85. The van der Waals surface area contributed by atoms with Gasteiger partial charge < -0.3 is 5.11 Å². The Bertz CT molecular complexity index is 568. The molecule has 0 aliphatic heterocycles. The van der Waals surface area contributed by atoms with Crippen molar-refractivity contribution in [1.82, 2.24) is 4.98 Å². The summed E-state index contributed by atoms with van der Waals surface area (Å²) < 4.78 is 0.555. The lowest BCUT2D eigenvalue weighted by Gasteiger charge is -2.03. The van der Waals surface area contributed by atoms with E-state index >= 15 is 0 Å². The summed E-state index contributed by atoms with van der Waals surface area (Å²) in [5.74, 6) is -0.255. The van der Waals surface area contributed by atoms with Crippen molar-refractivity contribution < 1.29 is 9.90 Å². The number of aryl methyl sites for hydroxylation is 1. The van der Waals surface area contributed by atoms with Gasteiger partial charge in [0.2, 0.25) is 0 Å². The molecule has 0 aliphatic rings. The van der Waals surface area contributed by atoms with E-state index in [1.807, 2.05) is 6.92 Å². The molecule has 1 aromatic heterocycles. The number of nitrogens with one attached hydrogen (secondary N) is 1. The molecule has 0 spiro atoms. The fourth-order valence-electron chi connectivity index (χ4n) is 1.24. The number of amides is 1. The number of nitrogens with zero attached hydrogens (tertiary/aromatic N) is 1. The van der Waals surface area contributed by atoms with Crippen LogP contribution in [-0.2, 0) is 0 Å². The van der Waals surface area contributed by atoms with E-state index in [1.54, 1.807) is 18.3 Å². The maximum Gasteiger partial charge on any atom is 0.257 e. The van der Waals surface area contributed by atoms with Crippen LogP contribution in [0.5, 0.6) is 5.75 Å². The number of carbonyl (C=O) groups is 1. The van der Waals surface area contributed by atoms with Crippen LogP contribution in [0.25, 0.3) is 0 Å². The lowest BCUT2D eigenvalue weighted by Crippen LogP contribution is -2.11. The summed E-state index contributed by atoms with van der Waals surface area (Å²) in [6.45, 7) is 1.92. The molecule has 0 radical (unpaired) electrons. The molecule has 0 fully saturated rings. The first-order valence-corrected chi connectivity index (χ1v) is 6.39. The number of aromatic nitrogens is 1. The van der Waals surface area contributed by atoms with E-state index in [1.165, 1.54) is 17.4 Å². The topological polar surface area (TPSA) is 62.2 Å². The average molecular weight is 313 g/mol. The number of thiazole rings is 1. The van der Waals surface area contributed by atoms with Crippen LogP contribution in [0.1, 0.15) is 15.2 Å². The third-order valence-electron chi connectivity index (χ3n) is 2.05. The Balaban J connectivity index is 2.17. The minimum absolute atomic E-state index is 0.0352. The number of halogens is 1. The monoisotopic (exact) mass is 312 g/mol. The zero-order chi connectivity index (χ0) is 12.4. The van der Waals surface area contributed by atoms with Gasteiger partial charge in [0.15, 0.2) is 5.13 Å². The van der Waals surface area contributed by atoms with Crippen LogP contribution in [0.2, 0.25) is 0 Å². The fraction of sp³-hybridized carbons (Fsp3) is 0.0909. The van der Waals surface area contributed by atoms with Crippen molar-refractivity contribution in [3.05, 3.63) is 39.3 Å². The lowest BCUT2D eigenvalue weighted by molar-refractivity contribution is 0.102. The van der Waals surface area contributed by atoms with E-state index in [4.69, 9.17) is 0 Å². The van der Waals surface area contributed by atoms with Gasteiger partial charge in [-0.25, -0.2) is 4.98 Å². The Morgan fingerprint density at radius 2 is 2.29 bits per heavy atom. The normalized spacial score (nSPS) is 10.2. The first-order chi connectivity index (χ1) is 8.06. The maximum atomic E-state index is 11.8. The van der Waals surface area contributed by atoms with Crippen molar-refractivity contribution in [2.75, 3.05) is 5.32 Å². The van der Waals surface area contributed by atoms with E-state index in [-0.39, 0.29) is 11.7 Å². The Morgan fingerprint density at radius 1 is 1.53 bits per heavy atom. The largest absolute Gasteiger partial charge is 0.507 e. The molecule has 6 heteroatoms. The van der Waals surface area contributed by atoms with Crippen molar-refractivity contribution in [3.63, 3.8) is 0 Å². The molecular weight excluding hydrogens is 304 g/mol. The number of rotatable bonds is 2. The minimum Gasteiger partial charge on any atom is -0.507 e. The molecule has 2 aromatic rings. The Kier molecular flexibility index (Phi) is 3.44. The number of aromatic hydroxyl groups is 1. The summed E-state index contributed by atoms with van der Waals surface area (Å²) in [6, 6.07) is 4.65. The molecule has 0 saturated heterocycles. The second-order valence-electron chi connectivity index (χ2n) is 3.40. The van der Waals surface area contributed by atoms with Crippen molar-refractivity contribution in [3.8, 4) is 5.75 Å². The van der Waals surface area contributed by atoms with Crippen molar-refractivity contribution in [1.29, 1.82) is 0 Å². The maximum absolute atomic E-state index is 11.8. The number of anilines is 1. The molecule has 0 aliphatic carbocycles. The number of benzene rings is 1. The van der Waals surface area contributed by atoms with E-state index in [0.717, 1.165) is 4.88 Å². The van der Waals surface area contributed by atoms with Gasteiger partial charge in [-0.05, 0) is 41.1 Å². The summed E-state index contributed by atoms with van der Waals surface area (Å²) in [7, 11) is 0. The fourth-order valence-corrected chi connectivity index (χ4v) is 2.14. The molecule has 2 rings (SSSR count). The second-order valence-corrected chi connectivity index (χ2v) is 5.49. The van der Waals surface area contributed by atoms with Gasteiger partial charge in [0.25, 0.3) is 5.91 Å². The Hall–Kier alpha value is -1.40. The van der Waals surface area contributed by atoms with Gasteiger partial charge >= 0.3 is 0 Å². The van der Waals surface area contributed by atoms with E-state index < -0.39 is 0 Å². The Morgan fingerprint density at radius 3 is 2.88 bits per heavy atom. The van der Waals surface area contributed by atoms with Crippen LogP contribution >= 0.6 is 27.3 Å². The number of phenols is 1. The van der Waals surface area contributed by atoms with Gasteiger partial charge in [0.05, 0.1) is 4.47 Å². The standard InChI is InChI=1S/C11H9BrN2O2S/c1-6-5-13-11(17-6)14-10(16)7-2-3-8(12)9(15)4-7/h2-5,15H,1H3,(H,13,14,16). The zero-order valence-electron chi connectivity index (χ0n) is 8.90. The molecule has 0 saturated carbocycles. The zero-order valence-corrected chi connectivity index (χ0v) is 11.3. The van der Waals surface area contributed by atoms with E-state index in [9.17, 15) is 9.90 Å². The molecule has 0 bridgehead atoms. The molecular formula is C11H9BrN2O2S. The van der Waals surface area contributed by atoms with Crippen LogP contribution in [0, 0.1) is 6.92 Å². The van der Waals surface area contributed by atoms with Crippen molar-refractivity contribution in [2.24, 2.45) is 0 Å². The molecule has 2 N–H and O–H groups in total. The van der Waals surface area contributed by atoms with Gasteiger partial charge in [0, 0.05) is 16.6 Å². The smallest absolute Gasteiger partial charge is 0.257 e. The third kappa shape index (κ3) is 2.83. The highest BCUT2D eigenvalue weighted by molar-refractivity contribution is 9.10. The number of carbonyl (C=O) groups excluding carboxylic acids is 1. The highest BCUT2D eigenvalue weighted by atomic mass is 79.9. The van der Waals surface area contributed by atoms with E-state index in [2.05, 4.69) is 26.2 Å². The number of hydrogen-bond donors (Lipinski definition) is 2. The summed E-state index contributed by atoms with van der Waals surface area (Å²) >= 11 is 4.56. The molecule has 88 valence electrons. The highest BCUT2D eigenvalue weighted by Crippen LogP contribution is 2.25. The summed E-state index contributed by atoms with van der Waals surface area (Å²) in [6.07, 6.45) is 1.69. The minimum atomic E-state index is -0.290.